The maximum atomic E-state index is 11.6. The molecule has 2 N–H and O–H groups in total. The molecule has 2 rings (SSSR count). The van der Waals surface area contributed by atoms with Crippen molar-refractivity contribution in [1.82, 2.24) is 0 Å². The van der Waals surface area contributed by atoms with Gasteiger partial charge in [-0.1, -0.05) is 0 Å². The molecule has 0 aromatic heterocycles. The molecule has 18 heavy (non-hydrogen) atoms. The van der Waals surface area contributed by atoms with Gasteiger partial charge >= 0.3 is 5.97 Å². The third-order valence-electron chi connectivity index (χ3n) is 2.82. The molecule has 1 fully saturated rings. The maximum absolute atomic E-state index is 11.6. The van der Waals surface area contributed by atoms with E-state index in [4.69, 9.17) is 19.9 Å². The quantitative estimate of drug-likeness (QED) is 0.653. The highest BCUT2D eigenvalue weighted by atomic mass is 16.5. The molecule has 1 aliphatic rings. The van der Waals surface area contributed by atoms with Gasteiger partial charge < -0.3 is 19.9 Å². The summed E-state index contributed by atoms with van der Waals surface area (Å²) in [6.07, 6.45) is 1.86. The molecule has 0 amide bonds. The van der Waals surface area contributed by atoms with Crippen LogP contribution in [0.5, 0.6) is 5.75 Å². The number of nitrogens with two attached hydrogens (primary N) is 1. The summed E-state index contributed by atoms with van der Waals surface area (Å²) >= 11 is 0. The lowest BCUT2D eigenvalue weighted by molar-refractivity contribution is 0.00665. The Kier molecular flexibility index (Phi) is 4.04. The van der Waals surface area contributed by atoms with E-state index < -0.39 is 5.97 Å². The Morgan fingerprint density at radius 3 is 3.00 bits per heavy atom. The highest BCUT2D eigenvalue weighted by Gasteiger charge is 2.20. The summed E-state index contributed by atoms with van der Waals surface area (Å²) in [5, 5.41) is 0. The van der Waals surface area contributed by atoms with Crippen molar-refractivity contribution in [1.29, 1.82) is 0 Å². The first kappa shape index (κ1) is 12.7. The number of esters is 1. The van der Waals surface area contributed by atoms with Gasteiger partial charge in [0.25, 0.3) is 0 Å². The van der Waals surface area contributed by atoms with E-state index in [1.807, 2.05) is 0 Å². The highest BCUT2D eigenvalue weighted by molar-refractivity contribution is 5.93. The molecule has 1 saturated heterocycles. The first-order chi connectivity index (χ1) is 8.70. The van der Waals surface area contributed by atoms with Crippen molar-refractivity contribution in [2.24, 2.45) is 0 Å². The second kappa shape index (κ2) is 5.73. The molecule has 0 radical (unpaired) electrons. The van der Waals surface area contributed by atoms with Gasteiger partial charge in [-0.15, -0.1) is 0 Å². The molecule has 5 nitrogen and oxygen atoms in total. The van der Waals surface area contributed by atoms with Crippen LogP contribution in [0.2, 0.25) is 0 Å². The molecular weight excluding hydrogens is 234 g/mol. The third-order valence-corrected chi connectivity index (χ3v) is 2.82. The number of anilines is 1. The van der Waals surface area contributed by atoms with Crippen LogP contribution in [-0.2, 0) is 9.47 Å². The van der Waals surface area contributed by atoms with Crippen LogP contribution in [0.4, 0.5) is 5.69 Å². The second-order valence-corrected chi connectivity index (χ2v) is 4.20. The van der Waals surface area contributed by atoms with Crippen molar-refractivity contribution in [2.75, 3.05) is 26.1 Å². The van der Waals surface area contributed by atoms with Crippen LogP contribution in [0.25, 0.3) is 0 Å². The minimum Gasteiger partial charge on any atom is -0.487 e. The fourth-order valence-corrected chi connectivity index (χ4v) is 1.90. The zero-order valence-corrected chi connectivity index (χ0v) is 10.3. The predicted octanol–water partition coefficient (Wildman–Crippen LogP) is 1.61. The summed E-state index contributed by atoms with van der Waals surface area (Å²) in [6, 6.07) is 4.95. The number of carbonyl (C=O) groups excluding carboxylic acids is 1. The molecule has 5 heteroatoms. The van der Waals surface area contributed by atoms with Crippen LogP contribution >= 0.6 is 0 Å². The zero-order chi connectivity index (χ0) is 13.0. The zero-order valence-electron chi connectivity index (χ0n) is 10.3. The van der Waals surface area contributed by atoms with E-state index in [9.17, 15) is 4.79 Å². The van der Waals surface area contributed by atoms with E-state index in [2.05, 4.69) is 0 Å². The van der Waals surface area contributed by atoms with E-state index in [1.54, 1.807) is 18.2 Å². The normalized spacial score (nSPS) is 19.3. The number of ether oxygens (including phenoxy) is 3. The number of nitrogen functional groups attached to an aromatic ring is 1. The number of rotatable bonds is 3. The van der Waals surface area contributed by atoms with E-state index in [0.29, 0.717) is 23.6 Å². The van der Waals surface area contributed by atoms with Crippen molar-refractivity contribution in [3.8, 4) is 5.75 Å². The SMILES string of the molecule is COC(=O)c1cc(N)ccc1OC1CCCOC1. The predicted molar refractivity (Wildman–Crippen MR) is 66.7 cm³/mol. The Balaban J connectivity index is 2.17. The summed E-state index contributed by atoms with van der Waals surface area (Å²) in [5.41, 5.74) is 6.52. The van der Waals surface area contributed by atoms with Crippen molar-refractivity contribution < 1.29 is 19.0 Å². The van der Waals surface area contributed by atoms with Crippen molar-refractivity contribution in [3.05, 3.63) is 23.8 Å². The van der Waals surface area contributed by atoms with Gasteiger partial charge in [-0.05, 0) is 31.0 Å². The second-order valence-electron chi connectivity index (χ2n) is 4.20. The molecule has 1 unspecified atom stereocenters. The highest BCUT2D eigenvalue weighted by Crippen LogP contribution is 2.25. The first-order valence-corrected chi connectivity index (χ1v) is 5.93. The van der Waals surface area contributed by atoms with E-state index in [-0.39, 0.29) is 6.10 Å². The molecule has 1 aromatic rings. The molecule has 0 saturated carbocycles. The minimum atomic E-state index is -0.450. The lowest BCUT2D eigenvalue weighted by Crippen LogP contribution is -2.28. The third kappa shape index (κ3) is 2.92. The fraction of sp³-hybridized carbons (Fsp3) is 0.462. The summed E-state index contributed by atoms with van der Waals surface area (Å²) in [4.78, 5) is 11.6. The van der Waals surface area contributed by atoms with Gasteiger partial charge in [0.1, 0.15) is 17.4 Å². The molecule has 0 spiro atoms. The van der Waals surface area contributed by atoms with Gasteiger partial charge in [0.05, 0.1) is 13.7 Å². The van der Waals surface area contributed by atoms with Crippen molar-refractivity contribution in [3.63, 3.8) is 0 Å². The first-order valence-electron chi connectivity index (χ1n) is 5.93. The Morgan fingerprint density at radius 2 is 2.33 bits per heavy atom. The van der Waals surface area contributed by atoms with Crippen LogP contribution in [-0.4, -0.2) is 32.4 Å². The van der Waals surface area contributed by atoms with Gasteiger partial charge in [0.2, 0.25) is 0 Å². The van der Waals surface area contributed by atoms with Gasteiger partial charge in [0.15, 0.2) is 0 Å². The summed E-state index contributed by atoms with van der Waals surface area (Å²) in [6.45, 7) is 1.32. The van der Waals surface area contributed by atoms with Gasteiger partial charge in [0, 0.05) is 12.3 Å². The minimum absolute atomic E-state index is 0.0224. The number of hydrogen-bond acceptors (Lipinski definition) is 5. The molecule has 0 bridgehead atoms. The molecule has 1 aromatic carbocycles. The molecule has 1 aliphatic heterocycles. The average molecular weight is 251 g/mol. The smallest absolute Gasteiger partial charge is 0.341 e. The van der Waals surface area contributed by atoms with Crippen LogP contribution in [0.1, 0.15) is 23.2 Å². The molecule has 0 aliphatic carbocycles. The van der Waals surface area contributed by atoms with Crippen LogP contribution in [0.3, 0.4) is 0 Å². The van der Waals surface area contributed by atoms with E-state index >= 15 is 0 Å². The summed E-state index contributed by atoms with van der Waals surface area (Å²) in [7, 11) is 1.33. The average Bonchev–Trinajstić information content (AvgIpc) is 2.41. The maximum Gasteiger partial charge on any atom is 0.341 e. The molecular formula is C13H17NO4. The Morgan fingerprint density at radius 1 is 1.50 bits per heavy atom. The Labute approximate surface area is 106 Å². The Bertz CT molecular complexity index is 427. The van der Waals surface area contributed by atoms with E-state index in [1.165, 1.54) is 7.11 Å². The summed E-state index contributed by atoms with van der Waals surface area (Å²) < 4.78 is 15.8. The van der Waals surface area contributed by atoms with Crippen molar-refractivity contribution in [2.45, 2.75) is 18.9 Å². The van der Waals surface area contributed by atoms with Gasteiger partial charge in [-0.25, -0.2) is 4.79 Å². The van der Waals surface area contributed by atoms with Gasteiger partial charge in [-0.3, -0.25) is 0 Å². The topological polar surface area (TPSA) is 70.8 Å². The largest absolute Gasteiger partial charge is 0.487 e. The number of carbonyl (C=O) groups is 1. The van der Waals surface area contributed by atoms with Crippen LogP contribution in [0.15, 0.2) is 18.2 Å². The molecule has 98 valence electrons. The van der Waals surface area contributed by atoms with Gasteiger partial charge in [-0.2, -0.15) is 0 Å². The van der Waals surface area contributed by atoms with Crippen molar-refractivity contribution >= 4 is 11.7 Å². The Hall–Kier alpha value is -1.75. The van der Waals surface area contributed by atoms with Crippen LogP contribution < -0.4 is 10.5 Å². The fourth-order valence-electron chi connectivity index (χ4n) is 1.90. The molecule has 1 heterocycles. The monoisotopic (exact) mass is 251 g/mol. The summed E-state index contributed by atoms with van der Waals surface area (Å²) in [5.74, 6) is 0.0422. The number of methoxy groups -OCH3 is 1. The molecule has 1 atom stereocenters. The number of benzene rings is 1. The lowest BCUT2D eigenvalue weighted by Gasteiger charge is -2.24. The number of hydrogen-bond donors (Lipinski definition) is 1. The standard InChI is InChI=1S/C13H17NO4/c1-16-13(15)11-7-9(14)4-5-12(11)18-10-3-2-6-17-8-10/h4-5,7,10H,2-3,6,8,14H2,1H3. The van der Waals surface area contributed by atoms with Crippen LogP contribution in [0, 0.1) is 0 Å². The van der Waals surface area contributed by atoms with E-state index in [0.717, 1.165) is 19.4 Å². The lowest BCUT2D eigenvalue weighted by atomic mass is 10.1.